The summed E-state index contributed by atoms with van der Waals surface area (Å²) in [5.41, 5.74) is 7.15. The average molecular weight is 314 g/mol. The second kappa shape index (κ2) is 5.79. The minimum absolute atomic E-state index is 0.0963. The van der Waals surface area contributed by atoms with Crippen molar-refractivity contribution in [1.29, 1.82) is 0 Å². The Morgan fingerprint density at radius 3 is 2.91 bits per heavy atom. The maximum Gasteiger partial charge on any atom is 0.412 e. The maximum absolute atomic E-state index is 12.4. The van der Waals surface area contributed by atoms with Crippen LogP contribution >= 0.6 is 0 Å². The highest BCUT2D eigenvalue weighted by molar-refractivity contribution is 5.99. The number of carbonyl (C=O) groups is 2. The number of methoxy groups -OCH3 is 1. The lowest BCUT2D eigenvalue weighted by atomic mass is 10.2. The molecule has 0 atom stereocenters. The summed E-state index contributed by atoms with van der Waals surface area (Å²) < 4.78 is 5.91. The van der Waals surface area contributed by atoms with Crippen LogP contribution < -0.4 is 11.1 Å². The summed E-state index contributed by atoms with van der Waals surface area (Å²) >= 11 is 0. The van der Waals surface area contributed by atoms with Crippen molar-refractivity contribution in [3.63, 3.8) is 0 Å². The molecule has 0 fully saturated rings. The van der Waals surface area contributed by atoms with Crippen molar-refractivity contribution >= 4 is 34.4 Å². The Hall–Kier alpha value is -3.36. The lowest BCUT2D eigenvalue weighted by Crippen LogP contribution is -2.19. The quantitative estimate of drug-likeness (QED) is 0.753. The van der Waals surface area contributed by atoms with Crippen LogP contribution in [0.4, 0.5) is 16.3 Å². The van der Waals surface area contributed by atoms with E-state index in [2.05, 4.69) is 20.3 Å². The topological polar surface area (TPSA) is 117 Å². The van der Waals surface area contributed by atoms with Crippen LogP contribution in [0.5, 0.6) is 0 Å². The zero-order valence-electron chi connectivity index (χ0n) is 12.3. The number of benzene rings is 1. The molecular weight excluding hydrogens is 300 g/mol. The number of hydrogen-bond acceptors (Lipinski definition) is 6. The summed E-state index contributed by atoms with van der Waals surface area (Å²) in [5, 5.41) is 11.1. The molecule has 2 heterocycles. The normalized spacial score (nSPS) is 10.7. The van der Waals surface area contributed by atoms with Gasteiger partial charge in [0.25, 0.3) is 5.91 Å². The molecule has 3 rings (SSSR count). The van der Waals surface area contributed by atoms with Crippen molar-refractivity contribution in [2.24, 2.45) is 0 Å². The minimum Gasteiger partial charge on any atom is -0.453 e. The Kier molecular flexibility index (Phi) is 3.67. The first-order valence-corrected chi connectivity index (χ1v) is 6.72. The first-order chi connectivity index (χ1) is 11.1. The number of aromatic nitrogens is 4. The molecule has 1 aromatic carbocycles. The number of ether oxygens (including phenoxy) is 1. The number of fused-ring (bicyclic) bond motifs is 1. The summed E-state index contributed by atoms with van der Waals surface area (Å²) in [4.78, 5) is 24.7. The molecule has 0 radical (unpaired) electrons. The van der Waals surface area contributed by atoms with Crippen LogP contribution in [0.25, 0.3) is 10.9 Å². The van der Waals surface area contributed by atoms with Gasteiger partial charge in [0.05, 0.1) is 24.5 Å². The molecule has 3 aromatic rings. The highest BCUT2D eigenvalue weighted by Gasteiger charge is 2.14. The largest absolute Gasteiger partial charge is 0.453 e. The van der Waals surface area contributed by atoms with Crippen molar-refractivity contribution in [3.05, 3.63) is 36.7 Å². The lowest BCUT2D eigenvalue weighted by molar-refractivity contribution is 0.0886. The molecule has 0 aliphatic rings. The van der Waals surface area contributed by atoms with Crippen LogP contribution in [0.3, 0.4) is 0 Å². The molecule has 0 bridgehead atoms. The molecule has 9 heteroatoms. The van der Waals surface area contributed by atoms with Crippen LogP contribution in [0.2, 0.25) is 0 Å². The van der Waals surface area contributed by atoms with Gasteiger partial charge in [-0.25, -0.2) is 4.79 Å². The van der Waals surface area contributed by atoms with Crippen LogP contribution in [-0.4, -0.2) is 38.7 Å². The van der Waals surface area contributed by atoms with Gasteiger partial charge in [-0.05, 0) is 6.07 Å². The molecule has 118 valence electrons. The third-order valence-electron chi connectivity index (χ3n) is 3.24. The van der Waals surface area contributed by atoms with Crippen LogP contribution in [0, 0.1) is 0 Å². The van der Waals surface area contributed by atoms with E-state index in [1.165, 1.54) is 22.7 Å². The monoisotopic (exact) mass is 314 g/mol. The van der Waals surface area contributed by atoms with Gasteiger partial charge in [0, 0.05) is 11.6 Å². The Labute approximate surface area is 130 Å². The highest BCUT2D eigenvalue weighted by Crippen LogP contribution is 2.22. The Balaban J connectivity index is 1.80. The van der Waals surface area contributed by atoms with E-state index in [4.69, 9.17) is 5.73 Å². The predicted octanol–water partition coefficient (Wildman–Crippen LogP) is 1.33. The van der Waals surface area contributed by atoms with Gasteiger partial charge in [-0.15, -0.1) is 5.10 Å². The highest BCUT2D eigenvalue weighted by atomic mass is 16.5. The van der Waals surface area contributed by atoms with E-state index in [1.807, 2.05) is 24.3 Å². The molecule has 0 saturated heterocycles. The second-order valence-corrected chi connectivity index (χ2v) is 4.74. The van der Waals surface area contributed by atoms with Gasteiger partial charge in [-0.2, -0.15) is 9.90 Å². The van der Waals surface area contributed by atoms with E-state index in [0.29, 0.717) is 5.69 Å². The Morgan fingerprint density at radius 1 is 1.35 bits per heavy atom. The van der Waals surface area contributed by atoms with E-state index in [9.17, 15) is 9.59 Å². The van der Waals surface area contributed by atoms with Crippen LogP contribution in [-0.2, 0) is 11.3 Å². The number of carbonyl (C=O) groups excluding carboxylic acids is 2. The summed E-state index contributed by atoms with van der Waals surface area (Å²) in [5.74, 6) is -0.0559. The fraction of sp³-hybridized carbons (Fsp3) is 0.143. The van der Waals surface area contributed by atoms with E-state index in [-0.39, 0.29) is 18.3 Å². The van der Waals surface area contributed by atoms with E-state index in [0.717, 1.165) is 10.9 Å². The Bertz CT molecular complexity index is 882. The van der Waals surface area contributed by atoms with Crippen molar-refractivity contribution in [2.45, 2.75) is 6.54 Å². The zero-order valence-corrected chi connectivity index (χ0v) is 12.3. The van der Waals surface area contributed by atoms with Gasteiger partial charge in [0.2, 0.25) is 0 Å². The summed E-state index contributed by atoms with van der Waals surface area (Å²) in [6, 6.07) is 7.34. The molecule has 1 amide bonds. The molecular formula is C14H14N6O3. The van der Waals surface area contributed by atoms with E-state index < -0.39 is 6.09 Å². The maximum atomic E-state index is 12.4. The van der Waals surface area contributed by atoms with Gasteiger partial charge in [0.15, 0.2) is 5.82 Å². The van der Waals surface area contributed by atoms with Gasteiger partial charge in [0.1, 0.15) is 6.54 Å². The Morgan fingerprint density at radius 2 is 2.13 bits per heavy atom. The third kappa shape index (κ3) is 2.84. The number of anilines is 2. The van der Waals surface area contributed by atoms with Gasteiger partial charge in [-0.3, -0.25) is 14.7 Å². The number of nitrogen functional groups attached to an aromatic ring is 1. The average Bonchev–Trinajstić information content (AvgIpc) is 3.12. The van der Waals surface area contributed by atoms with Crippen LogP contribution in [0.15, 0.2) is 36.7 Å². The minimum atomic E-state index is -0.660. The number of rotatable bonds is 3. The van der Waals surface area contributed by atoms with Gasteiger partial charge >= 0.3 is 6.09 Å². The van der Waals surface area contributed by atoms with Crippen molar-refractivity contribution in [1.82, 2.24) is 19.6 Å². The molecule has 0 aliphatic heterocycles. The summed E-state index contributed by atoms with van der Waals surface area (Å²) in [6.45, 7) is -0.0963. The molecule has 3 N–H and O–H groups in total. The van der Waals surface area contributed by atoms with Crippen LogP contribution in [0.1, 0.15) is 4.79 Å². The number of hydrogen-bond donors (Lipinski definition) is 2. The summed E-state index contributed by atoms with van der Waals surface area (Å²) in [6.07, 6.45) is 2.24. The summed E-state index contributed by atoms with van der Waals surface area (Å²) in [7, 11) is 1.24. The first-order valence-electron chi connectivity index (χ1n) is 6.72. The predicted molar refractivity (Wildman–Crippen MR) is 83.0 cm³/mol. The fourth-order valence-electron chi connectivity index (χ4n) is 2.20. The van der Waals surface area contributed by atoms with Gasteiger partial charge in [-0.1, -0.05) is 18.2 Å². The van der Waals surface area contributed by atoms with E-state index >= 15 is 0 Å². The molecule has 23 heavy (non-hydrogen) atoms. The number of nitrogens with one attached hydrogen (secondary N) is 1. The zero-order chi connectivity index (χ0) is 16.4. The number of nitrogens with two attached hydrogens (primary N) is 1. The number of nitrogens with zero attached hydrogens (tertiary/aromatic N) is 4. The number of amides is 1. The molecule has 2 aromatic heterocycles. The van der Waals surface area contributed by atoms with Crippen molar-refractivity contribution in [2.75, 3.05) is 18.2 Å². The number of para-hydroxylation sites is 1. The van der Waals surface area contributed by atoms with Crippen molar-refractivity contribution < 1.29 is 14.3 Å². The first kappa shape index (κ1) is 14.6. The third-order valence-corrected chi connectivity index (χ3v) is 3.24. The fourth-order valence-corrected chi connectivity index (χ4v) is 2.20. The lowest BCUT2D eigenvalue weighted by Gasteiger charge is -2.03. The standard InChI is InChI=1S/C14H14N6O3/c1-23-14(22)17-12-6-16-20(18-12)8-13(21)19-7-10(15)9-4-2-3-5-11(9)19/h2-7H,8,15H2,1H3,(H,17,18,22). The molecule has 9 nitrogen and oxygen atoms in total. The van der Waals surface area contributed by atoms with Crippen molar-refractivity contribution in [3.8, 4) is 0 Å². The van der Waals surface area contributed by atoms with E-state index in [1.54, 1.807) is 6.20 Å². The molecule has 0 unspecified atom stereocenters. The van der Waals surface area contributed by atoms with Gasteiger partial charge < -0.3 is 10.5 Å². The molecule has 0 saturated carbocycles. The second-order valence-electron chi connectivity index (χ2n) is 4.74. The molecule has 0 spiro atoms. The molecule has 0 aliphatic carbocycles. The SMILES string of the molecule is COC(=O)Nc1cnn(CC(=O)n2cc(N)c3ccccc32)n1. The smallest absolute Gasteiger partial charge is 0.412 e.